The molecule has 0 aromatic heterocycles. The fraction of sp³-hybridized carbons (Fsp3) is 0.632. The molecule has 1 aromatic rings. The van der Waals surface area contributed by atoms with Crippen molar-refractivity contribution in [3.05, 3.63) is 35.9 Å². The summed E-state index contributed by atoms with van der Waals surface area (Å²) in [5, 5.41) is 17.2. The van der Waals surface area contributed by atoms with Crippen molar-refractivity contribution in [3.8, 4) is 0 Å². The van der Waals surface area contributed by atoms with Crippen molar-refractivity contribution < 1.29 is 9.90 Å². The molecule has 0 spiro atoms. The maximum atomic E-state index is 13.0. The molecule has 2 atom stereocenters. The highest BCUT2D eigenvalue weighted by Gasteiger charge is 2.68. The number of aliphatic hydroxyl groups excluding tert-OH is 1. The van der Waals surface area contributed by atoms with Gasteiger partial charge >= 0.3 is 0 Å². The Kier molecular flexibility index (Phi) is 3.81. The van der Waals surface area contributed by atoms with Gasteiger partial charge in [0.1, 0.15) is 0 Å². The number of β-amino-alcohol motifs (C(OH)–C–C–N with tert-alkyl or cyclic N) is 1. The fourth-order valence-corrected chi connectivity index (χ4v) is 4.30. The van der Waals surface area contributed by atoms with Crippen LogP contribution < -0.4 is 10.6 Å². The highest BCUT2D eigenvalue weighted by atomic mass is 16.3. The molecule has 1 saturated heterocycles. The van der Waals surface area contributed by atoms with Crippen molar-refractivity contribution >= 4 is 5.91 Å². The molecule has 0 radical (unpaired) electrons. The van der Waals surface area contributed by atoms with Gasteiger partial charge < -0.3 is 15.7 Å². The summed E-state index contributed by atoms with van der Waals surface area (Å²) in [6.45, 7) is 9.85. The predicted molar refractivity (Wildman–Crippen MR) is 90.8 cm³/mol. The van der Waals surface area contributed by atoms with Gasteiger partial charge in [-0.05, 0) is 29.4 Å². The molecule has 4 heteroatoms. The van der Waals surface area contributed by atoms with Crippen LogP contribution in [0.15, 0.2) is 30.3 Å². The van der Waals surface area contributed by atoms with E-state index in [1.165, 1.54) is 0 Å². The van der Waals surface area contributed by atoms with Crippen LogP contribution >= 0.6 is 0 Å². The zero-order valence-corrected chi connectivity index (χ0v) is 14.5. The first-order valence-corrected chi connectivity index (χ1v) is 8.50. The smallest absolute Gasteiger partial charge is 0.225 e. The van der Waals surface area contributed by atoms with Gasteiger partial charge in [0, 0.05) is 12.5 Å². The highest BCUT2D eigenvalue weighted by molar-refractivity contribution is 5.85. The third-order valence-corrected chi connectivity index (χ3v) is 6.52. The molecular formula is C19H28N2O2. The lowest BCUT2D eigenvalue weighted by Gasteiger charge is -2.43. The number of amides is 1. The number of benzene rings is 1. The van der Waals surface area contributed by atoms with Crippen molar-refractivity contribution in [2.75, 3.05) is 13.1 Å². The first-order chi connectivity index (χ1) is 10.7. The minimum absolute atomic E-state index is 0.00711. The molecule has 1 saturated carbocycles. The van der Waals surface area contributed by atoms with Crippen molar-refractivity contribution in [1.82, 2.24) is 10.6 Å². The van der Waals surface area contributed by atoms with E-state index in [1.54, 1.807) is 0 Å². The predicted octanol–water partition coefficient (Wildman–Crippen LogP) is 2.03. The number of aliphatic hydroxyl groups is 1. The van der Waals surface area contributed by atoms with E-state index < -0.39 is 11.6 Å². The molecule has 1 aliphatic carbocycles. The Bertz CT molecular complexity index is 583. The molecule has 0 bridgehead atoms. The zero-order valence-electron chi connectivity index (χ0n) is 14.5. The van der Waals surface area contributed by atoms with Crippen LogP contribution in [-0.2, 0) is 10.3 Å². The Balaban J connectivity index is 1.91. The van der Waals surface area contributed by atoms with Crippen LogP contribution in [-0.4, -0.2) is 30.2 Å². The second kappa shape index (κ2) is 5.32. The zero-order chi connectivity index (χ0) is 16.9. The number of piperidine rings is 1. The van der Waals surface area contributed by atoms with Crippen LogP contribution in [0.2, 0.25) is 0 Å². The van der Waals surface area contributed by atoms with E-state index in [0.717, 1.165) is 12.1 Å². The highest BCUT2D eigenvalue weighted by Crippen LogP contribution is 2.68. The fourth-order valence-electron chi connectivity index (χ4n) is 4.30. The van der Waals surface area contributed by atoms with E-state index in [2.05, 4.69) is 38.3 Å². The molecule has 23 heavy (non-hydrogen) atoms. The SMILES string of the molecule is CC1(C)C(C(=O)N[C@]2(c3ccccc3)CCNC[C@H]2O)C1(C)C. The molecule has 3 rings (SSSR count). The summed E-state index contributed by atoms with van der Waals surface area (Å²) in [5.41, 5.74) is 0.275. The minimum atomic E-state index is -0.696. The van der Waals surface area contributed by atoms with Crippen LogP contribution in [0, 0.1) is 16.7 Å². The molecular weight excluding hydrogens is 288 g/mol. The summed E-state index contributed by atoms with van der Waals surface area (Å²) < 4.78 is 0. The Hall–Kier alpha value is -1.39. The van der Waals surface area contributed by atoms with Crippen molar-refractivity contribution in [3.63, 3.8) is 0 Å². The second-order valence-corrected chi connectivity index (χ2v) is 8.17. The van der Waals surface area contributed by atoms with Gasteiger partial charge in [-0.1, -0.05) is 58.0 Å². The van der Waals surface area contributed by atoms with E-state index in [1.807, 2.05) is 30.3 Å². The molecule has 1 aliphatic heterocycles. The summed E-state index contributed by atoms with van der Waals surface area (Å²) in [4.78, 5) is 13.0. The van der Waals surface area contributed by atoms with Crippen LogP contribution in [0.4, 0.5) is 0 Å². The minimum Gasteiger partial charge on any atom is -0.389 e. The van der Waals surface area contributed by atoms with Gasteiger partial charge in [0.15, 0.2) is 0 Å². The normalized spacial score (nSPS) is 32.3. The first kappa shape index (κ1) is 16.5. The van der Waals surface area contributed by atoms with E-state index in [9.17, 15) is 9.90 Å². The number of rotatable bonds is 3. The molecule has 4 nitrogen and oxygen atoms in total. The van der Waals surface area contributed by atoms with Gasteiger partial charge in [-0.15, -0.1) is 0 Å². The number of hydrogen-bond acceptors (Lipinski definition) is 3. The molecule has 126 valence electrons. The van der Waals surface area contributed by atoms with Gasteiger partial charge in [0.25, 0.3) is 0 Å². The van der Waals surface area contributed by atoms with Crippen molar-refractivity contribution in [2.45, 2.75) is 45.8 Å². The largest absolute Gasteiger partial charge is 0.389 e. The average Bonchev–Trinajstić information content (AvgIpc) is 2.92. The summed E-state index contributed by atoms with van der Waals surface area (Å²) in [6.07, 6.45) is 0.0601. The van der Waals surface area contributed by atoms with Crippen molar-refractivity contribution in [2.24, 2.45) is 16.7 Å². The van der Waals surface area contributed by atoms with Gasteiger partial charge in [0.2, 0.25) is 5.91 Å². The van der Waals surface area contributed by atoms with Gasteiger partial charge in [-0.25, -0.2) is 0 Å². The summed E-state index contributed by atoms with van der Waals surface area (Å²) >= 11 is 0. The molecule has 0 unspecified atom stereocenters. The molecule has 2 fully saturated rings. The molecule has 1 aromatic carbocycles. The van der Waals surface area contributed by atoms with Gasteiger partial charge in [0.05, 0.1) is 11.6 Å². The maximum absolute atomic E-state index is 13.0. The number of hydrogen-bond donors (Lipinski definition) is 3. The van der Waals surface area contributed by atoms with E-state index >= 15 is 0 Å². The average molecular weight is 316 g/mol. The molecule has 3 N–H and O–H groups in total. The van der Waals surface area contributed by atoms with E-state index in [4.69, 9.17) is 0 Å². The third kappa shape index (κ3) is 2.39. The lowest BCUT2D eigenvalue weighted by atomic mass is 9.79. The van der Waals surface area contributed by atoms with E-state index in [0.29, 0.717) is 13.0 Å². The lowest BCUT2D eigenvalue weighted by Crippen LogP contribution is -2.61. The molecule has 1 amide bonds. The third-order valence-electron chi connectivity index (χ3n) is 6.52. The summed E-state index contributed by atoms with van der Waals surface area (Å²) in [7, 11) is 0. The Morgan fingerprint density at radius 2 is 1.78 bits per heavy atom. The molecule has 2 aliphatic rings. The summed E-state index contributed by atoms with van der Waals surface area (Å²) in [5.74, 6) is 0.0440. The number of carbonyl (C=O) groups is 1. The lowest BCUT2D eigenvalue weighted by molar-refractivity contribution is -0.128. The Morgan fingerprint density at radius 1 is 1.17 bits per heavy atom. The second-order valence-electron chi connectivity index (χ2n) is 8.17. The monoisotopic (exact) mass is 316 g/mol. The van der Waals surface area contributed by atoms with E-state index in [-0.39, 0.29) is 22.7 Å². The molecule has 1 heterocycles. The topological polar surface area (TPSA) is 61.4 Å². The Morgan fingerprint density at radius 3 is 2.30 bits per heavy atom. The van der Waals surface area contributed by atoms with Gasteiger partial charge in [-0.2, -0.15) is 0 Å². The Labute approximate surface area is 138 Å². The summed E-state index contributed by atoms with van der Waals surface area (Å²) in [6, 6.07) is 9.88. The maximum Gasteiger partial charge on any atom is 0.225 e. The van der Waals surface area contributed by atoms with Crippen LogP contribution in [0.3, 0.4) is 0 Å². The first-order valence-electron chi connectivity index (χ1n) is 8.50. The van der Waals surface area contributed by atoms with Crippen LogP contribution in [0.5, 0.6) is 0 Å². The van der Waals surface area contributed by atoms with Crippen molar-refractivity contribution in [1.29, 1.82) is 0 Å². The number of nitrogens with one attached hydrogen (secondary N) is 2. The standard InChI is InChI=1S/C19H28N2O2/c1-17(2)15(18(17,3)4)16(23)21-19(10-11-20-12-14(19)22)13-8-6-5-7-9-13/h5-9,14-15,20,22H,10-12H2,1-4H3,(H,21,23)/t14-,19+/m1/s1. The van der Waals surface area contributed by atoms with Crippen LogP contribution in [0.25, 0.3) is 0 Å². The van der Waals surface area contributed by atoms with Gasteiger partial charge in [-0.3, -0.25) is 4.79 Å². The quantitative estimate of drug-likeness (QED) is 0.800. The number of carbonyl (C=O) groups excluding carboxylic acids is 1. The van der Waals surface area contributed by atoms with Crippen LogP contribution in [0.1, 0.15) is 39.7 Å².